The summed E-state index contributed by atoms with van der Waals surface area (Å²) < 4.78 is 4.39. The lowest BCUT2D eigenvalue weighted by Crippen LogP contribution is -2.01. The van der Waals surface area contributed by atoms with Gasteiger partial charge in [0.2, 0.25) is 0 Å². The minimum absolute atomic E-state index is 0.617. The molecule has 0 bridgehead atoms. The maximum atomic E-state index is 6.79. The van der Waals surface area contributed by atoms with E-state index in [1.165, 1.54) is 21.8 Å². The molecule has 0 N–H and O–H groups in total. The van der Waals surface area contributed by atoms with Crippen molar-refractivity contribution in [3.8, 4) is 28.2 Å². The summed E-state index contributed by atoms with van der Waals surface area (Å²) in [6.45, 7) is 3.09. The predicted molar refractivity (Wildman–Crippen MR) is 143 cm³/mol. The van der Waals surface area contributed by atoms with Crippen LogP contribution in [-0.2, 0) is 6.54 Å². The molecular formula is C29H21Cl2N3. The molecule has 0 aliphatic heterocycles. The van der Waals surface area contributed by atoms with E-state index in [1.54, 1.807) is 6.20 Å². The van der Waals surface area contributed by atoms with Crippen LogP contribution in [0.1, 0.15) is 6.92 Å². The van der Waals surface area contributed by atoms with E-state index in [2.05, 4.69) is 54.0 Å². The quantitative estimate of drug-likeness (QED) is 0.247. The summed E-state index contributed by atoms with van der Waals surface area (Å²) in [4.78, 5) is 4.74. The Hall–Kier alpha value is -3.53. The Morgan fingerprint density at radius 2 is 1.47 bits per heavy atom. The van der Waals surface area contributed by atoms with Gasteiger partial charge in [-0.1, -0.05) is 71.7 Å². The van der Waals surface area contributed by atoms with Crippen LogP contribution in [0.3, 0.4) is 0 Å². The molecule has 0 spiro atoms. The standard InChI is InChI=1S/C29H21Cl2N3/c1-2-33-25-11-7-6-10-21(25)22-18-20(12-15-26(22)33)29-32-16-17-34(29)28-24(31)14-13-23(30)27(28)19-8-4-3-5-9-19/h3-18H,2H2,1H3. The lowest BCUT2D eigenvalue weighted by molar-refractivity contribution is 0.827. The molecule has 0 atom stereocenters. The second kappa shape index (κ2) is 8.35. The minimum atomic E-state index is 0.617. The van der Waals surface area contributed by atoms with Gasteiger partial charge < -0.3 is 4.57 Å². The summed E-state index contributed by atoms with van der Waals surface area (Å²) in [7, 11) is 0. The van der Waals surface area contributed by atoms with E-state index in [0.29, 0.717) is 10.0 Å². The van der Waals surface area contributed by atoms with E-state index in [1.807, 2.05) is 53.2 Å². The molecule has 3 nitrogen and oxygen atoms in total. The number of imidazole rings is 1. The number of halogens is 2. The summed E-state index contributed by atoms with van der Waals surface area (Å²) in [5, 5.41) is 3.72. The van der Waals surface area contributed by atoms with Crippen LogP contribution in [0.15, 0.2) is 97.3 Å². The van der Waals surface area contributed by atoms with Crippen molar-refractivity contribution in [3.05, 3.63) is 107 Å². The minimum Gasteiger partial charge on any atom is -0.341 e. The van der Waals surface area contributed by atoms with Crippen molar-refractivity contribution >= 4 is 45.0 Å². The van der Waals surface area contributed by atoms with E-state index in [4.69, 9.17) is 28.2 Å². The van der Waals surface area contributed by atoms with Gasteiger partial charge in [-0.15, -0.1) is 0 Å². The Morgan fingerprint density at radius 3 is 2.29 bits per heavy atom. The third kappa shape index (κ3) is 3.24. The fourth-order valence-electron chi connectivity index (χ4n) is 4.89. The van der Waals surface area contributed by atoms with Crippen molar-refractivity contribution in [2.75, 3.05) is 0 Å². The molecule has 6 aromatic rings. The van der Waals surface area contributed by atoms with E-state index in [-0.39, 0.29) is 0 Å². The molecule has 6 rings (SSSR count). The van der Waals surface area contributed by atoms with Crippen molar-refractivity contribution in [2.45, 2.75) is 13.5 Å². The molecule has 0 saturated carbocycles. The van der Waals surface area contributed by atoms with Crippen LogP contribution in [0.4, 0.5) is 0 Å². The number of aromatic nitrogens is 3. The van der Waals surface area contributed by atoms with Gasteiger partial charge in [-0.2, -0.15) is 0 Å². The van der Waals surface area contributed by atoms with Crippen LogP contribution < -0.4 is 0 Å². The molecule has 5 heteroatoms. The van der Waals surface area contributed by atoms with Gasteiger partial charge in [-0.05, 0) is 48.9 Å². The topological polar surface area (TPSA) is 22.8 Å². The molecule has 0 fully saturated rings. The SMILES string of the molecule is CCn1c2ccccc2c2cc(-c3nccn3-c3c(Cl)ccc(Cl)c3-c3ccccc3)ccc21. The van der Waals surface area contributed by atoms with E-state index in [9.17, 15) is 0 Å². The van der Waals surface area contributed by atoms with E-state index < -0.39 is 0 Å². The first-order valence-electron chi connectivity index (χ1n) is 11.3. The largest absolute Gasteiger partial charge is 0.341 e. The monoisotopic (exact) mass is 481 g/mol. The Labute approximate surface area is 207 Å². The fraction of sp³-hybridized carbons (Fsp3) is 0.0690. The number of fused-ring (bicyclic) bond motifs is 3. The highest BCUT2D eigenvalue weighted by Crippen LogP contribution is 2.40. The molecule has 34 heavy (non-hydrogen) atoms. The molecule has 0 aliphatic carbocycles. The Bertz CT molecular complexity index is 1660. The van der Waals surface area contributed by atoms with Gasteiger partial charge >= 0.3 is 0 Å². The molecule has 4 aromatic carbocycles. The smallest absolute Gasteiger partial charge is 0.144 e. The van der Waals surface area contributed by atoms with Gasteiger partial charge in [0.1, 0.15) is 5.82 Å². The lowest BCUT2D eigenvalue weighted by Gasteiger charge is -2.17. The molecule has 166 valence electrons. The maximum Gasteiger partial charge on any atom is 0.144 e. The van der Waals surface area contributed by atoms with Crippen LogP contribution >= 0.6 is 23.2 Å². The first-order valence-corrected chi connectivity index (χ1v) is 12.0. The zero-order chi connectivity index (χ0) is 23.2. The maximum absolute atomic E-state index is 6.79. The normalized spacial score (nSPS) is 11.5. The van der Waals surface area contributed by atoms with Crippen LogP contribution in [0, 0.1) is 0 Å². The highest BCUT2D eigenvalue weighted by atomic mass is 35.5. The van der Waals surface area contributed by atoms with Crippen molar-refractivity contribution in [3.63, 3.8) is 0 Å². The average molecular weight is 482 g/mol. The Kier molecular flexibility index (Phi) is 5.17. The highest BCUT2D eigenvalue weighted by molar-refractivity contribution is 6.37. The molecule has 0 unspecified atom stereocenters. The second-order valence-electron chi connectivity index (χ2n) is 8.23. The Balaban J connectivity index is 1.60. The van der Waals surface area contributed by atoms with Gasteiger partial charge in [0.25, 0.3) is 0 Å². The number of rotatable bonds is 4. The van der Waals surface area contributed by atoms with Crippen molar-refractivity contribution in [2.24, 2.45) is 0 Å². The highest BCUT2D eigenvalue weighted by Gasteiger charge is 2.19. The lowest BCUT2D eigenvalue weighted by atomic mass is 10.0. The molecule has 2 aromatic heterocycles. The molecule has 0 saturated heterocycles. The first kappa shape index (κ1) is 21.0. The fourth-order valence-corrected chi connectivity index (χ4v) is 5.40. The van der Waals surface area contributed by atoms with Gasteiger partial charge in [0.15, 0.2) is 0 Å². The summed E-state index contributed by atoms with van der Waals surface area (Å²) in [5.74, 6) is 0.816. The first-order chi connectivity index (χ1) is 16.7. The third-order valence-corrected chi connectivity index (χ3v) is 6.99. The number of para-hydroxylation sites is 1. The van der Waals surface area contributed by atoms with Crippen molar-refractivity contribution < 1.29 is 0 Å². The van der Waals surface area contributed by atoms with Crippen LogP contribution in [0.2, 0.25) is 10.0 Å². The summed E-state index contributed by atoms with van der Waals surface area (Å²) in [6, 6.07) is 28.9. The van der Waals surface area contributed by atoms with Crippen LogP contribution in [-0.4, -0.2) is 14.1 Å². The molecule has 0 radical (unpaired) electrons. The molecule has 0 aliphatic rings. The average Bonchev–Trinajstić information content (AvgIpc) is 3.48. The van der Waals surface area contributed by atoms with Crippen LogP contribution in [0.5, 0.6) is 0 Å². The van der Waals surface area contributed by atoms with E-state index in [0.717, 1.165) is 34.7 Å². The Morgan fingerprint density at radius 1 is 0.735 bits per heavy atom. The third-order valence-electron chi connectivity index (χ3n) is 6.37. The van der Waals surface area contributed by atoms with Gasteiger partial charge in [0, 0.05) is 51.9 Å². The van der Waals surface area contributed by atoms with Gasteiger partial charge in [0.05, 0.1) is 15.7 Å². The number of aryl methyl sites for hydroxylation is 1. The van der Waals surface area contributed by atoms with Gasteiger partial charge in [-0.3, -0.25) is 4.57 Å². The van der Waals surface area contributed by atoms with Gasteiger partial charge in [-0.25, -0.2) is 4.98 Å². The number of hydrogen-bond acceptors (Lipinski definition) is 1. The predicted octanol–water partition coefficient (Wildman–Crippen LogP) is 8.64. The number of benzene rings is 4. The van der Waals surface area contributed by atoms with E-state index >= 15 is 0 Å². The molecule has 0 amide bonds. The molecule has 2 heterocycles. The van der Waals surface area contributed by atoms with Crippen molar-refractivity contribution in [1.29, 1.82) is 0 Å². The zero-order valence-corrected chi connectivity index (χ0v) is 20.1. The van der Waals surface area contributed by atoms with Crippen molar-refractivity contribution in [1.82, 2.24) is 14.1 Å². The summed E-state index contributed by atoms with van der Waals surface area (Å²) >= 11 is 13.5. The zero-order valence-electron chi connectivity index (χ0n) is 18.5. The summed E-state index contributed by atoms with van der Waals surface area (Å²) in [5.41, 5.74) is 6.19. The van der Waals surface area contributed by atoms with Crippen LogP contribution in [0.25, 0.3) is 50.0 Å². The second-order valence-corrected chi connectivity index (χ2v) is 9.05. The number of hydrogen-bond donors (Lipinski definition) is 0. The molecular weight excluding hydrogens is 461 g/mol. The summed E-state index contributed by atoms with van der Waals surface area (Å²) in [6.07, 6.45) is 3.75. The number of nitrogens with zero attached hydrogens (tertiary/aromatic N) is 3.